The van der Waals surface area contributed by atoms with E-state index in [0.717, 1.165) is 28.8 Å². The Morgan fingerprint density at radius 3 is 1.68 bits per heavy atom. The van der Waals surface area contributed by atoms with Crippen LogP contribution in [-0.4, -0.2) is 79.5 Å². The summed E-state index contributed by atoms with van der Waals surface area (Å²) in [4.78, 5) is 63.2. The molecule has 8 rings (SSSR count). The fourth-order valence-electron chi connectivity index (χ4n) is 6.24. The van der Waals surface area contributed by atoms with Crippen LogP contribution >= 0.6 is 39.5 Å². The minimum Gasteiger partial charge on any atom is -1.00 e. The first-order valence-corrected chi connectivity index (χ1v) is 19.8. The summed E-state index contributed by atoms with van der Waals surface area (Å²) in [6.07, 6.45) is 7.99. The summed E-state index contributed by atoms with van der Waals surface area (Å²) in [5.41, 5.74) is 3.51. The van der Waals surface area contributed by atoms with Crippen LogP contribution in [-0.2, 0) is 28.7 Å². The number of halogens is 1. The Morgan fingerprint density at radius 2 is 1.23 bits per heavy atom. The van der Waals surface area contributed by atoms with Gasteiger partial charge < -0.3 is 31.3 Å². The maximum absolute atomic E-state index is 12.4. The van der Waals surface area contributed by atoms with Crippen molar-refractivity contribution in [2.24, 2.45) is 0 Å². The molecule has 0 saturated carbocycles. The average Bonchev–Trinajstić information content (AvgIpc) is 3.17. The molecule has 1 N–H and O–H groups in total. The number of allylic oxidation sites excluding steroid dienone is 2. The van der Waals surface area contributed by atoms with Gasteiger partial charge in [-0.25, -0.2) is 0 Å². The number of benzene rings is 2. The number of ether oxygens (including phenoxy) is 2. The Morgan fingerprint density at radius 1 is 0.755 bits per heavy atom. The van der Waals surface area contributed by atoms with Gasteiger partial charge >= 0.3 is 103 Å². The first kappa shape index (κ1) is 47.2. The van der Waals surface area contributed by atoms with Crippen LogP contribution in [0, 0.1) is 0 Å². The van der Waals surface area contributed by atoms with Gasteiger partial charge in [-0.2, -0.15) is 0 Å². The Labute approximate surface area is 413 Å². The van der Waals surface area contributed by atoms with Gasteiger partial charge in [-0.3, -0.25) is 24.0 Å². The fraction of sp³-hybridized carbons (Fsp3) is 0.432. The van der Waals surface area contributed by atoms with Crippen molar-refractivity contribution < 1.29 is 148 Å². The monoisotopic (exact) mass is 878 g/mol. The number of nitrogens with one attached hydrogen (secondary N) is 1. The normalized spacial score (nSPS) is 21.2. The quantitative estimate of drug-likeness (QED) is 0.137. The van der Waals surface area contributed by atoms with Crippen molar-refractivity contribution in [1.82, 2.24) is 5.32 Å². The molecule has 2 fully saturated rings. The van der Waals surface area contributed by atoms with Gasteiger partial charge in [-0.05, 0) is 95.4 Å². The number of hydrogen-bond acceptors (Lipinski definition) is 13. The molecule has 6 aliphatic rings. The molecule has 0 amide bonds. The van der Waals surface area contributed by atoms with Crippen LogP contribution in [0.1, 0.15) is 85.6 Å². The summed E-state index contributed by atoms with van der Waals surface area (Å²) >= 11 is 6.22. The number of fused-ring (bicyclic) bond motifs is 4. The van der Waals surface area contributed by atoms with E-state index in [1.54, 1.807) is 18.2 Å². The molecule has 0 aromatic heterocycles. The molecule has 2 saturated heterocycles. The molecule has 4 aliphatic heterocycles. The molecular formula is C37H41BrK2N2O9S2. The predicted molar refractivity (Wildman–Crippen MR) is 200 cm³/mol. The van der Waals surface area contributed by atoms with E-state index in [1.807, 2.05) is 32.0 Å². The second kappa shape index (κ2) is 23.3. The van der Waals surface area contributed by atoms with E-state index in [1.165, 1.54) is 75.1 Å². The van der Waals surface area contributed by atoms with E-state index in [-0.39, 0.29) is 123 Å². The number of nitrogens with zero attached hydrogens (tertiary/aromatic N) is 1. The Balaban J connectivity index is 0.000000290. The zero-order valence-corrected chi connectivity index (χ0v) is 40.0. The van der Waals surface area contributed by atoms with Gasteiger partial charge in [-0.15, -0.1) is 23.5 Å². The van der Waals surface area contributed by atoms with Gasteiger partial charge in [0.1, 0.15) is 33.5 Å². The van der Waals surface area contributed by atoms with Crippen LogP contribution in [0.25, 0.3) is 11.5 Å². The molecular weight excluding hydrogens is 839 g/mol. The predicted octanol–water partition coefficient (Wildman–Crippen LogP) is -0.387. The first-order valence-electron chi connectivity index (χ1n) is 17.0. The zero-order chi connectivity index (χ0) is 36.5. The number of rotatable bonds is 2. The molecule has 2 aliphatic carbocycles. The first-order chi connectivity index (χ1) is 24.6. The van der Waals surface area contributed by atoms with Crippen LogP contribution in [0.4, 0.5) is 5.69 Å². The second-order valence-corrected chi connectivity index (χ2v) is 15.6. The van der Waals surface area contributed by atoms with Crippen LogP contribution in [0.2, 0.25) is 0 Å². The topological polar surface area (TPSA) is 151 Å². The summed E-state index contributed by atoms with van der Waals surface area (Å²) < 4.78 is 12.6. The number of hydrogen-bond donors (Lipinski definition) is 1. The van der Waals surface area contributed by atoms with Crippen LogP contribution in [0.3, 0.4) is 0 Å². The SMILES string of the molecule is C1CCNCC1.CC1CSC2=C(O1)c1cc(Br)ccc1C(=O)C2=O.CC1CSC2=C(O1)c1cc(N3CCCCC3)ccc1C(=O)C2=O.O=CO[O-].[H-].[K+].[K+]. The number of piperidine rings is 2. The molecule has 0 spiro atoms. The third kappa shape index (κ3) is 12.2. The molecule has 2 aromatic rings. The summed E-state index contributed by atoms with van der Waals surface area (Å²) in [6.45, 7) is 8.36. The van der Waals surface area contributed by atoms with E-state index in [0.29, 0.717) is 49.5 Å². The number of anilines is 1. The van der Waals surface area contributed by atoms with Crippen molar-refractivity contribution in [2.75, 3.05) is 42.6 Å². The van der Waals surface area contributed by atoms with Crippen molar-refractivity contribution in [1.29, 1.82) is 0 Å². The van der Waals surface area contributed by atoms with Gasteiger partial charge in [-0.1, -0.05) is 22.4 Å². The number of Topliss-reactive ketones (excluding diaryl/α,β-unsaturated/α-hetero) is 4. The molecule has 53 heavy (non-hydrogen) atoms. The van der Waals surface area contributed by atoms with Crippen molar-refractivity contribution in [3.05, 3.63) is 72.9 Å². The van der Waals surface area contributed by atoms with Crippen molar-refractivity contribution in [2.45, 2.75) is 64.6 Å². The van der Waals surface area contributed by atoms with Gasteiger partial charge in [0.2, 0.25) is 23.1 Å². The van der Waals surface area contributed by atoms with Crippen LogP contribution < -0.4 is 118 Å². The van der Waals surface area contributed by atoms with E-state index in [4.69, 9.17) is 19.5 Å². The second-order valence-electron chi connectivity index (χ2n) is 12.6. The molecule has 274 valence electrons. The molecule has 4 heterocycles. The van der Waals surface area contributed by atoms with E-state index >= 15 is 0 Å². The minimum absolute atomic E-state index is 0. The molecule has 0 radical (unpaired) electrons. The van der Waals surface area contributed by atoms with Gasteiger partial charge in [0.25, 0.3) is 6.47 Å². The van der Waals surface area contributed by atoms with Crippen LogP contribution in [0.15, 0.2) is 50.7 Å². The average molecular weight is 880 g/mol. The molecule has 11 nitrogen and oxygen atoms in total. The standard InChI is InChI=1S/C18H19NO3S.C13H9BrO3S.C5H11N.CH2O3.2K.H/c1-11-10-23-18-16(21)15(20)13-6-5-12(9-14(13)17(18)22-11)19-7-3-2-4-8-19;1-6-5-18-13-11(16)10(15)8-3-2-7(14)4-9(8)12(13)17-6;1-2-4-6-5-3-1;2-1-4-3;;;/h5-6,9,11H,2-4,7-8,10H2,1H3;2-4,6H,5H2,1H3;6H,1-5H2;1,3H;;;/q;;;;2*+1;-1/p-1. The zero-order valence-electron chi connectivity index (χ0n) is 31.5. The number of carbonyl (C=O) groups excluding carboxylic acids is 5. The van der Waals surface area contributed by atoms with E-state index in [2.05, 4.69) is 31.0 Å². The smallest absolute Gasteiger partial charge is 1.00 e. The summed E-state index contributed by atoms with van der Waals surface area (Å²) in [6, 6.07) is 11.0. The Bertz CT molecular complexity index is 1740. The van der Waals surface area contributed by atoms with Crippen LogP contribution in [0.5, 0.6) is 0 Å². The third-order valence-corrected chi connectivity index (χ3v) is 11.8. The largest absolute Gasteiger partial charge is 1.00 e. The molecule has 2 unspecified atom stereocenters. The van der Waals surface area contributed by atoms with Crippen molar-refractivity contribution >= 4 is 86.3 Å². The van der Waals surface area contributed by atoms with E-state index in [9.17, 15) is 19.2 Å². The maximum atomic E-state index is 12.4. The van der Waals surface area contributed by atoms with Crippen molar-refractivity contribution in [3.8, 4) is 0 Å². The molecule has 2 aromatic carbocycles. The van der Waals surface area contributed by atoms with E-state index < -0.39 is 23.1 Å². The summed E-state index contributed by atoms with van der Waals surface area (Å²) in [5, 5.41) is 11.7. The fourth-order valence-corrected chi connectivity index (χ4v) is 8.57. The summed E-state index contributed by atoms with van der Waals surface area (Å²) in [7, 11) is 0. The number of ketones is 4. The third-order valence-electron chi connectivity index (χ3n) is 8.73. The summed E-state index contributed by atoms with van der Waals surface area (Å²) in [5.74, 6) is 0.843. The Hall–Kier alpha value is -0.157. The van der Waals surface area contributed by atoms with Gasteiger partial charge in [0.15, 0.2) is 0 Å². The van der Waals surface area contributed by atoms with Crippen molar-refractivity contribution in [3.63, 3.8) is 0 Å². The van der Waals surface area contributed by atoms with Gasteiger partial charge in [0.05, 0.1) is 0 Å². The molecule has 0 bridgehead atoms. The molecule has 2 atom stereocenters. The van der Waals surface area contributed by atoms with Gasteiger partial charge in [0, 0.05) is 57.0 Å². The minimum atomic E-state index is -0.447. The molecule has 16 heteroatoms. The maximum Gasteiger partial charge on any atom is 1.00 e. The number of thioether (sulfide) groups is 2. The number of carbonyl (C=O) groups is 5. The Kier molecular flexibility index (Phi) is 20.8.